The largest absolute Gasteiger partial charge is 0.493 e. The minimum absolute atomic E-state index is 0.397. The van der Waals surface area contributed by atoms with E-state index in [1.165, 1.54) is 11.1 Å². The molecule has 0 fully saturated rings. The van der Waals surface area contributed by atoms with Crippen LogP contribution in [0.3, 0.4) is 0 Å². The van der Waals surface area contributed by atoms with Crippen molar-refractivity contribution < 1.29 is 9.47 Å². The number of fused-ring (bicyclic) bond motifs is 1. The van der Waals surface area contributed by atoms with Crippen molar-refractivity contribution in [2.24, 2.45) is 0 Å². The molecule has 96 valence electrons. The summed E-state index contributed by atoms with van der Waals surface area (Å²) in [5.74, 6) is 1.64. The average Bonchev–Trinajstić information content (AvgIpc) is 2.40. The molecular formula is C14H23NO2. The summed E-state index contributed by atoms with van der Waals surface area (Å²) in [6.45, 7) is 7.20. The minimum atomic E-state index is 0.397. The van der Waals surface area contributed by atoms with Crippen molar-refractivity contribution >= 4 is 0 Å². The lowest BCUT2D eigenvalue weighted by atomic mass is 9.94. The fourth-order valence-electron chi connectivity index (χ4n) is 2.09. The first kappa shape index (κ1) is 13.8. The Morgan fingerprint density at radius 2 is 1.71 bits per heavy atom. The molecule has 0 amide bonds. The van der Waals surface area contributed by atoms with Crippen LogP contribution >= 0.6 is 0 Å². The summed E-state index contributed by atoms with van der Waals surface area (Å²) in [4.78, 5) is 0. The van der Waals surface area contributed by atoms with E-state index in [0.29, 0.717) is 6.04 Å². The van der Waals surface area contributed by atoms with E-state index in [1.807, 2.05) is 13.8 Å². The Bertz CT molecular complexity index is 363. The second kappa shape index (κ2) is 6.50. The zero-order valence-electron chi connectivity index (χ0n) is 11.5. The standard InChI is InChI=1S/C12H17NO2.C2H6/c1-8-10-7-12(15-3)11(14-2)6-9(10)4-5-13-8;1-2/h6-8,13H,4-5H2,1-3H3;1-2H3/t8-;/m0./s1. The molecule has 0 unspecified atom stereocenters. The van der Waals surface area contributed by atoms with Crippen LogP contribution in [0.5, 0.6) is 11.5 Å². The number of benzene rings is 1. The third-order valence-corrected chi connectivity index (χ3v) is 2.96. The molecule has 1 aromatic rings. The average molecular weight is 237 g/mol. The smallest absolute Gasteiger partial charge is 0.161 e. The van der Waals surface area contributed by atoms with Crippen LogP contribution in [0.1, 0.15) is 37.9 Å². The Hall–Kier alpha value is -1.22. The Morgan fingerprint density at radius 3 is 2.29 bits per heavy atom. The summed E-state index contributed by atoms with van der Waals surface area (Å²) in [7, 11) is 3.35. The Balaban J connectivity index is 0.000000686. The third-order valence-electron chi connectivity index (χ3n) is 2.96. The number of nitrogens with one attached hydrogen (secondary N) is 1. The Morgan fingerprint density at radius 1 is 1.12 bits per heavy atom. The molecule has 0 aromatic heterocycles. The highest BCUT2D eigenvalue weighted by atomic mass is 16.5. The molecule has 0 aliphatic carbocycles. The van der Waals surface area contributed by atoms with Crippen LogP contribution in [0.15, 0.2) is 12.1 Å². The molecular weight excluding hydrogens is 214 g/mol. The Labute approximate surface area is 104 Å². The first-order chi connectivity index (χ1) is 8.26. The second-order valence-corrected chi connectivity index (χ2v) is 3.83. The summed E-state index contributed by atoms with van der Waals surface area (Å²) in [5, 5.41) is 3.43. The van der Waals surface area contributed by atoms with Crippen molar-refractivity contribution in [2.75, 3.05) is 20.8 Å². The van der Waals surface area contributed by atoms with Gasteiger partial charge in [0.05, 0.1) is 14.2 Å². The molecule has 1 atom stereocenters. The van der Waals surface area contributed by atoms with Gasteiger partial charge in [0.1, 0.15) is 0 Å². The van der Waals surface area contributed by atoms with Gasteiger partial charge in [-0.2, -0.15) is 0 Å². The van der Waals surface area contributed by atoms with Crippen LogP contribution in [0.2, 0.25) is 0 Å². The van der Waals surface area contributed by atoms with Crippen molar-refractivity contribution in [2.45, 2.75) is 33.2 Å². The molecule has 2 rings (SSSR count). The lowest BCUT2D eigenvalue weighted by molar-refractivity contribution is 0.352. The SMILES string of the molecule is CC.COc1cc2c(cc1OC)[C@H](C)NCC2. The quantitative estimate of drug-likeness (QED) is 0.858. The minimum Gasteiger partial charge on any atom is -0.493 e. The highest BCUT2D eigenvalue weighted by molar-refractivity contribution is 5.49. The van der Waals surface area contributed by atoms with E-state index in [9.17, 15) is 0 Å². The zero-order chi connectivity index (χ0) is 12.8. The predicted octanol–water partition coefficient (Wildman–Crippen LogP) is 2.94. The van der Waals surface area contributed by atoms with Gasteiger partial charge < -0.3 is 14.8 Å². The maximum Gasteiger partial charge on any atom is 0.161 e. The fraction of sp³-hybridized carbons (Fsp3) is 0.571. The van der Waals surface area contributed by atoms with Crippen LogP contribution in [-0.2, 0) is 6.42 Å². The summed E-state index contributed by atoms with van der Waals surface area (Å²) in [6, 6.07) is 4.56. The molecule has 0 bridgehead atoms. The summed E-state index contributed by atoms with van der Waals surface area (Å²) in [5.41, 5.74) is 2.68. The van der Waals surface area contributed by atoms with Gasteiger partial charge in [-0.3, -0.25) is 0 Å². The molecule has 1 heterocycles. The van der Waals surface area contributed by atoms with Gasteiger partial charge in [-0.1, -0.05) is 13.8 Å². The molecule has 3 heteroatoms. The Kier molecular flexibility index (Phi) is 5.29. The lowest BCUT2D eigenvalue weighted by Gasteiger charge is -2.25. The van der Waals surface area contributed by atoms with Gasteiger partial charge in [0.25, 0.3) is 0 Å². The van der Waals surface area contributed by atoms with E-state index < -0.39 is 0 Å². The maximum absolute atomic E-state index is 5.30. The molecule has 1 N–H and O–H groups in total. The van der Waals surface area contributed by atoms with Gasteiger partial charge >= 0.3 is 0 Å². The molecule has 1 aliphatic rings. The monoisotopic (exact) mass is 237 g/mol. The van der Waals surface area contributed by atoms with Crippen LogP contribution in [-0.4, -0.2) is 20.8 Å². The van der Waals surface area contributed by atoms with Crippen LogP contribution < -0.4 is 14.8 Å². The van der Waals surface area contributed by atoms with Crippen molar-refractivity contribution in [3.63, 3.8) is 0 Å². The highest BCUT2D eigenvalue weighted by Crippen LogP contribution is 2.34. The van der Waals surface area contributed by atoms with Crippen molar-refractivity contribution in [3.05, 3.63) is 23.3 Å². The van der Waals surface area contributed by atoms with Gasteiger partial charge in [0, 0.05) is 6.04 Å². The number of hydrogen-bond donors (Lipinski definition) is 1. The van der Waals surface area contributed by atoms with Crippen LogP contribution in [0.4, 0.5) is 0 Å². The molecule has 1 aromatic carbocycles. The molecule has 17 heavy (non-hydrogen) atoms. The molecule has 1 aliphatic heterocycles. The highest BCUT2D eigenvalue weighted by Gasteiger charge is 2.18. The van der Waals surface area contributed by atoms with E-state index >= 15 is 0 Å². The van der Waals surface area contributed by atoms with E-state index in [1.54, 1.807) is 14.2 Å². The van der Waals surface area contributed by atoms with E-state index in [2.05, 4.69) is 24.4 Å². The molecule has 0 radical (unpaired) electrons. The van der Waals surface area contributed by atoms with Gasteiger partial charge in [0.2, 0.25) is 0 Å². The van der Waals surface area contributed by atoms with Gasteiger partial charge in [-0.05, 0) is 43.1 Å². The summed E-state index contributed by atoms with van der Waals surface area (Å²) >= 11 is 0. The van der Waals surface area contributed by atoms with E-state index in [-0.39, 0.29) is 0 Å². The first-order valence-electron chi connectivity index (χ1n) is 6.24. The van der Waals surface area contributed by atoms with E-state index in [4.69, 9.17) is 9.47 Å². The topological polar surface area (TPSA) is 30.5 Å². The maximum atomic E-state index is 5.30. The molecule has 3 nitrogen and oxygen atoms in total. The number of rotatable bonds is 2. The zero-order valence-corrected chi connectivity index (χ0v) is 11.5. The molecule has 0 spiro atoms. The van der Waals surface area contributed by atoms with Crippen molar-refractivity contribution in [1.82, 2.24) is 5.32 Å². The van der Waals surface area contributed by atoms with Crippen molar-refractivity contribution in [3.8, 4) is 11.5 Å². The summed E-state index contributed by atoms with van der Waals surface area (Å²) < 4.78 is 10.6. The fourth-order valence-corrected chi connectivity index (χ4v) is 2.09. The van der Waals surface area contributed by atoms with Crippen LogP contribution in [0, 0.1) is 0 Å². The number of methoxy groups -OCH3 is 2. The van der Waals surface area contributed by atoms with Gasteiger partial charge in [-0.15, -0.1) is 0 Å². The number of hydrogen-bond acceptors (Lipinski definition) is 3. The first-order valence-corrected chi connectivity index (χ1v) is 6.24. The molecule has 0 saturated carbocycles. The van der Waals surface area contributed by atoms with Gasteiger partial charge in [-0.25, -0.2) is 0 Å². The molecule has 0 saturated heterocycles. The summed E-state index contributed by atoms with van der Waals surface area (Å²) in [6.07, 6.45) is 1.06. The number of ether oxygens (including phenoxy) is 2. The predicted molar refractivity (Wildman–Crippen MR) is 71.0 cm³/mol. The van der Waals surface area contributed by atoms with Crippen molar-refractivity contribution in [1.29, 1.82) is 0 Å². The normalized spacial score (nSPS) is 17.6. The van der Waals surface area contributed by atoms with Crippen LogP contribution in [0.25, 0.3) is 0 Å². The van der Waals surface area contributed by atoms with E-state index in [0.717, 1.165) is 24.5 Å². The second-order valence-electron chi connectivity index (χ2n) is 3.83. The lowest BCUT2D eigenvalue weighted by Crippen LogP contribution is -2.27. The van der Waals surface area contributed by atoms with Gasteiger partial charge in [0.15, 0.2) is 11.5 Å². The third kappa shape index (κ3) is 2.91.